The van der Waals surface area contributed by atoms with Crippen LogP contribution in [-0.2, 0) is 0 Å². The minimum atomic E-state index is -0.149. The molecule has 0 saturated heterocycles. The highest BCUT2D eigenvalue weighted by Gasteiger charge is 2.02. The Kier molecular flexibility index (Phi) is 2.10. The number of nitrogens with zero attached hydrogens (tertiary/aromatic N) is 1. The highest BCUT2D eigenvalue weighted by Crippen LogP contribution is 2.27. The summed E-state index contributed by atoms with van der Waals surface area (Å²) in [6, 6.07) is 2.83. The quantitative estimate of drug-likeness (QED) is 0.545. The van der Waals surface area contributed by atoms with Crippen LogP contribution in [0.5, 0.6) is 11.5 Å². The summed E-state index contributed by atoms with van der Waals surface area (Å²) in [5.41, 5.74) is 1.35. The van der Waals surface area contributed by atoms with Gasteiger partial charge >= 0.3 is 0 Å². The van der Waals surface area contributed by atoms with Crippen molar-refractivity contribution >= 4 is 23.4 Å². The molecule has 2 rings (SSSR count). The lowest BCUT2D eigenvalue weighted by Crippen LogP contribution is -1.71. The topological polar surface area (TPSA) is 69.1 Å². The molecule has 64 valence electrons. The zero-order valence-electron chi connectivity index (χ0n) is 5.98. The molecule has 0 unspecified atom stereocenters. The fourth-order valence-electron chi connectivity index (χ4n) is 0.960. The Balaban J connectivity index is 0.000000720. The summed E-state index contributed by atoms with van der Waals surface area (Å²) < 4.78 is 0. The average molecular weight is 187 g/mol. The molecule has 0 radical (unpaired) electrons. The Morgan fingerprint density at radius 2 is 1.83 bits per heavy atom. The Labute approximate surface area is 74.3 Å². The van der Waals surface area contributed by atoms with Crippen LogP contribution in [-0.4, -0.2) is 20.2 Å². The van der Waals surface area contributed by atoms with Gasteiger partial charge in [-0.2, -0.15) is 0 Å². The van der Waals surface area contributed by atoms with E-state index in [1.165, 1.54) is 18.5 Å². The maximum atomic E-state index is 9.04. The molecule has 5 heteroatoms. The number of phenols is 2. The molecule has 0 aliphatic rings. The first-order valence-corrected chi connectivity index (χ1v) is 3.12. The third-order valence-electron chi connectivity index (χ3n) is 1.52. The number of benzene rings is 1. The summed E-state index contributed by atoms with van der Waals surface area (Å²) in [5, 5.41) is 18.1. The van der Waals surface area contributed by atoms with E-state index in [0.29, 0.717) is 11.0 Å². The summed E-state index contributed by atoms with van der Waals surface area (Å²) >= 11 is 0. The van der Waals surface area contributed by atoms with Crippen molar-refractivity contribution in [2.75, 3.05) is 0 Å². The monoisotopic (exact) mass is 186 g/mol. The molecule has 1 aromatic heterocycles. The van der Waals surface area contributed by atoms with Gasteiger partial charge in [0.25, 0.3) is 0 Å². The molecule has 0 fully saturated rings. The van der Waals surface area contributed by atoms with Crippen LogP contribution in [0.3, 0.4) is 0 Å². The molecule has 0 amide bonds. The van der Waals surface area contributed by atoms with Gasteiger partial charge in [-0.1, -0.05) is 0 Å². The smallest absolute Gasteiger partial charge is 0.159 e. The van der Waals surface area contributed by atoms with E-state index >= 15 is 0 Å². The van der Waals surface area contributed by atoms with E-state index in [-0.39, 0.29) is 23.9 Å². The molecule has 4 nitrogen and oxygen atoms in total. The molecule has 12 heavy (non-hydrogen) atoms. The third kappa shape index (κ3) is 1.16. The summed E-state index contributed by atoms with van der Waals surface area (Å²) in [7, 11) is 0. The van der Waals surface area contributed by atoms with Crippen LogP contribution in [0.25, 0.3) is 11.0 Å². The van der Waals surface area contributed by atoms with E-state index in [1.54, 1.807) is 0 Å². The Morgan fingerprint density at radius 3 is 2.58 bits per heavy atom. The first kappa shape index (κ1) is 8.67. The number of fused-ring (bicyclic) bond motifs is 1. The lowest BCUT2D eigenvalue weighted by molar-refractivity contribution is 0.405. The molecular weight excluding hydrogens is 180 g/mol. The lowest BCUT2D eigenvalue weighted by Gasteiger charge is -1.94. The number of aromatic amines is 1. The molecule has 1 heterocycles. The lowest BCUT2D eigenvalue weighted by atomic mass is 10.3. The molecule has 0 bridgehead atoms. The first-order chi connectivity index (χ1) is 5.27. The van der Waals surface area contributed by atoms with Gasteiger partial charge in [0, 0.05) is 12.1 Å². The second kappa shape index (κ2) is 2.91. The van der Waals surface area contributed by atoms with E-state index in [0.717, 1.165) is 0 Å². The van der Waals surface area contributed by atoms with Gasteiger partial charge in [0.1, 0.15) is 0 Å². The van der Waals surface area contributed by atoms with Crippen molar-refractivity contribution < 1.29 is 10.2 Å². The number of imidazole rings is 1. The fourth-order valence-corrected chi connectivity index (χ4v) is 0.960. The van der Waals surface area contributed by atoms with E-state index in [4.69, 9.17) is 10.2 Å². The van der Waals surface area contributed by atoms with Gasteiger partial charge in [-0.05, 0) is 0 Å². The molecule has 1 aromatic carbocycles. The predicted molar refractivity (Wildman–Crippen MR) is 46.7 cm³/mol. The van der Waals surface area contributed by atoms with Crippen LogP contribution in [0, 0.1) is 0 Å². The van der Waals surface area contributed by atoms with Gasteiger partial charge in [-0.3, -0.25) is 0 Å². The Morgan fingerprint density at radius 1 is 1.17 bits per heavy atom. The number of phenolic OH excluding ortho intramolecular Hbond substituents is 2. The molecule has 0 atom stereocenters. The third-order valence-corrected chi connectivity index (χ3v) is 1.52. The van der Waals surface area contributed by atoms with Gasteiger partial charge < -0.3 is 15.2 Å². The second-order valence-electron chi connectivity index (χ2n) is 2.26. The van der Waals surface area contributed by atoms with Gasteiger partial charge in [0.2, 0.25) is 0 Å². The molecular formula is C7H7ClN2O2. The number of aromatic nitrogens is 2. The normalized spacial score (nSPS) is 9.67. The minimum absolute atomic E-state index is 0. The number of hydrogen-bond acceptors (Lipinski definition) is 3. The molecule has 0 aliphatic heterocycles. The Hall–Kier alpha value is -1.42. The number of nitrogens with one attached hydrogen (secondary N) is 1. The van der Waals surface area contributed by atoms with Gasteiger partial charge in [0.05, 0.1) is 17.4 Å². The maximum Gasteiger partial charge on any atom is 0.159 e. The van der Waals surface area contributed by atoms with E-state index in [2.05, 4.69) is 9.97 Å². The summed E-state index contributed by atoms with van der Waals surface area (Å²) in [6.07, 6.45) is 1.50. The van der Waals surface area contributed by atoms with Crippen molar-refractivity contribution in [1.29, 1.82) is 0 Å². The van der Waals surface area contributed by atoms with E-state index < -0.39 is 0 Å². The summed E-state index contributed by atoms with van der Waals surface area (Å²) in [5.74, 6) is -0.286. The van der Waals surface area contributed by atoms with Gasteiger partial charge in [-0.25, -0.2) is 4.98 Å². The predicted octanol–water partition coefficient (Wildman–Crippen LogP) is 1.40. The highest BCUT2D eigenvalue weighted by atomic mass is 35.5. The van der Waals surface area contributed by atoms with Crippen molar-refractivity contribution in [3.05, 3.63) is 18.5 Å². The van der Waals surface area contributed by atoms with Crippen LogP contribution >= 0.6 is 12.4 Å². The highest BCUT2D eigenvalue weighted by molar-refractivity contribution is 5.85. The second-order valence-corrected chi connectivity index (χ2v) is 2.26. The summed E-state index contributed by atoms with van der Waals surface area (Å²) in [6.45, 7) is 0. The van der Waals surface area contributed by atoms with Crippen molar-refractivity contribution in [2.45, 2.75) is 0 Å². The van der Waals surface area contributed by atoms with Gasteiger partial charge in [-0.15, -0.1) is 12.4 Å². The van der Waals surface area contributed by atoms with Crippen LogP contribution in [0.4, 0.5) is 0 Å². The van der Waals surface area contributed by atoms with Crippen molar-refractivity contribution in [3.63, 3.8) is 0 Å². The SMILES string of the molecule is Cl.Oc1cc2nc[nH]c2cc1O. The van der Waals surface area contributed by atoms with Crippen LogP contribution in [0.1, 0.15) is 0 Å². The number of halogens is 1. The van der Waals surface area contributed by atoms with Crippen LogP contribution in [0.2, 0.25) is 0 Å². The van der Waals surface area contributed by atoms with E-state index in [9.17, 15) is 0 Å². The van der Waals surface area contributed by atoms with Crippen LogP contribution < -0.4 is 0 Å². The molecule has 3 N–H and O–H groups in total. The van der Waals surface area contributed by atoms with Crippen LogP contribution in [0.15, 0.2) is 18.5 Å². The summed E-state index contributed by atoms with van der Waals surface area (Å²) in [4.78, 5) is 6.70. The molecule has 0 aliphatic carbocycles. The van der Waals surface area contributed by atoms with Crippen molar-refractivity contribution in [2.24, 2.45) is 0 Å². The standard InChI is InChI=1S/C7H6N2O2.ClH/c10-6-1-4-5(2-7(6)11)9-3-8-4;/h1-3,10-11H,(H,8,9);1H. The van der Waals surface area contributed by atoms with Crippen molar-refractivity contribution in [1.82, 2.24) is 9.97 Å². The van der Waals surface area contributed by atoms with Crippen molar-refractivity contribution in [3.8, 4) is 11.5 Å². The number of H-pyrrole nitrogens is 1. The fraction of sp³-hybridized carbons (Fsp3) is 0. The zero-order valence-corrected chi connectivity index (χ0v) is 6.80. The number of hydrogen-bond donors (Lipinski definition) is 3. The minimum Gasteiger partial charge on any atom is -0.504 e. The zero-order chi connectivity index (χ0) is 7.84. The molecule has 0 saturated carbocycles. The molecule has 2 aromatic rings. The Bertz CT molecular complexity index is 363. The average Bonchev–Trinajstić information content (AvgIpc) is 2.36. The van der Waals surface area contributed by atoms with Gasteiger partial charge in [0.15, 0.2) is 11.5 Å². The largest absolute Gasteiger partial charge is 0.504 e. The maximum absolute atomic E-state index is 9.04. The number of aromatic hydroxyl groups is 2. The first-order valence-electron chi connectivity index (χ1n) is 3.12. The van der Waals surface area contributed by atoms with E-state index in [1.807, 2.05) is 0 Å². The number of rotatable bonds is 0. The molecule has 0 spiro atoms.